The van der Waals surface area contributed by atoms with E-state index in [1.54, 1.807) is 18.6 Å². The molecule has 0 aromatic carbocycles. The van der Waals surface area contributed by atoms with E-state index < -0.39 is 0 Å². The Morgan fingerprint density at radius 1 is 1.31 bits per heavy atom. The molecule has 4 N–H and O–H groups in total. The summed E-state index contributed by atoms with van der Waals surface area (Å²) >= 11 is 3.41. The zero-order chi connectivity index (χ0) is 20.5. The van der Waals surface area contributed by atoms with Crippen molar-refractivity contribution in [1.29, 1.82) is 5.41 Å². The molecule has 0 spiro atoms. The number of nitrogens with one attached hydrogen (secondary N) is 2. The van der Waals surface area contributed by atoms with Crippen LogP contribution in [0.5, 0.6) is 0 Å². The largest absolute Gasteiger partial charge is 0.404 e. The van der Waals surface area contributed by atoms with E-state index in [1.807, 2.05) is 16.7 Å². The second-order valence-electron chi connectivity index (χ2n) is 7.07. The number of hydrogen-bond donors (Lipinski definition) is 3. The number of imidazole rings is 1. The highest BCUT2D eigenvalue weighted by Gasteiger charge is 2.34. The van der Waals surface area contributed by atoms with Gasteiger partial charge in [0, 0.05) is 49.0 Å². The predicted molar refractivity (Wildman–Crippen MR) is 116 cm³/mol. The Bertz CT molecular complexity index is 1080. The Balaban J connectivity index is 1.72. The number of halogens is 1. The third-order valence-electron chi connectivity index (χ3n) is 5.15. The number of piperazine rings is 1. The average Bonchev–Trinajstić information content (AvgIpc) is 3.14. The molecule has 1 fully saturated rings. The molecule has 0 amide bonds. The van der Waals surface area contributed by atoms with Crippen molar-refractivity contribution in [2.24, 2.45) is 5.73 Å². The first kappa shape index (κ1) is 19.5. The van der Waals surface area contributed by atoms with Gasteiger partial charge < -0.3 is 21.4 Å². The second-order valence-corrected chi connectivity index (χ2v) is 7.89. The van der Waals surface area contributed by atoms with Crippen LogP contribution in [-0.4, -0.2) is 55.2 Å². The SMILES string of the molecule is CC1CN(c2nccc(-c3cnc4cnc(Br)cn34)n2)C(C)C(/C(C=N)=C/N)N1. The molecule has 9 nitrogen and oxygen atoms in total. The molecule has 4 heterocycles. The van der Waals surface area contributed by atoms with Gasteiger partial charge >= 0.3 is 0 Å². The highest BCUT2D eigenvalue weighted by molar-refractivity contribution is 9.10. The lowest BCUT2D eigenvalue weighted by molar-refractivity contribution is 0.360. The van der Waals surface area contributed by atoms with E-state index in [9.17, 15) is 0 Å². The van der Waals surface area contributed by atoms with Crippen molar-refractivity contribution in [3.8, 4) is 11.4 Å². The molecule has 0 aliphatic carbocycles. The fourth-order valence-corrected chi connectivity index (χ4v) is 4.01. The van der Waals surface area contributed by atoms with Gasteiger partial charge in [0.1, 0.15) is 4.60 Å². The van der Waals surface area contributed by atoms with Gasteiger partial charge in [-0.15, -0.1) is 0 Å². The van der Waals surface area contributed by atoms with Crippen molar-refractivity contribution in [2.75, 3.05) is 11.4 Å². The number of nitrogens with zero attached hydrogens (tertiary/aromatic N) is 6. The molecule has 0 saturated carbocycles. The summed E-state index contributed by atoms with van der Waals surface area (Å²) in [5.74, 6) is 0.637. The smallest absolute Gasteiger partial charge is 0.226 e. The van der Waals surface area contributed by atoms with Crippen molar-refractivity contribution >= 4 is 33.7 Å². The lowest BCUT2D eigenvalue weighted by Gasteiger charge is -2.43. The third kappa shape index (κ3) is 3.60. The number of anilines is 1. The van der Waals surface area contributed by atoms with Gasteiger partial charge in [-0.3, -0.25) is 4.40 Å². The first-order valence-electron chi connectivity index (χ1n) is 9.28. The molecule has 1 saturated heterocycles. The van der Waals surface area contributed by atoms with E-state index >= 15 is 0 Å². The molecule has 4 rings (SSSR count). The van der Waals surface area contributed by atoms with Crippen LogP contribution in [-0.2, 0) is 0 Å². The van der Waals surface area contributed by atoms with Gasteiger partial charge in [0.15, 0.2) is 5.65 Å². The van der Waals surface area contributed by atoms with Gasteiger partial charge in [0.05, 0.1) is 29.8 Å². The van der Waals surface area contributed by atoms with Crippen LogP contribution in [0.4, 0.5) is 5.95 Å². The molecule has 0 radical (unpaired) electrons. The molecule has 29 heavy (non-hydrogen) atoms. The molecule has 3 unspecified atom stereocenters. The van der Waals surface area contributed by atoms with E-state index in [0.29, 0.717) is 5.95 Å². The van der Waals surface area contributed by atoms with Crippen molar-refractivity contribution in [3.63, 3.8) is 0 Å². The number of rotatable bonds is 4. The van der Waals surface area contributed by atoms with Gasteiger partial charge in [-0.05, 0) is 35.8 Å². The first-order chi connectivity index (χ1) is 14.0. The van der Waals surface area contributed by atoms with Gasteiger partial charge in [-0.1, -0.05) is 0 Å². The lowest BCUT2D eigenvalue weighted by atomic mass is 9.96. The fourth-order valence-electron chi connectivity index (χ4n) is 3.70. The molecular formula is C19H22BrN9. The highest BCUT2D eigenvalue weighted by atomic mass is 79.9. The van der Waals surface area contributed by atoms with Gasteiger partial charge in [-0.25, -0.2) is 19.9 Å². The molecule has 3 aromatic rings. The number of aromatic nitrogens is 5. The Hall–Kier alpha value is -2.85. The monoisotopic (exact) mass is 455 g/mol. The average molecular weight is 456 g/mol. The van der Waals surface area contributed by atoms with Crippen molar-refractivity contribution in [1.82, 2.24) is 29.7 Å². The van der Waals surface area contributed by atoms with Gasteiger partial charge in [0.2, 0.25) is 5.95 Å². The highest BCUT2D eigenvalue weighted by Crippen LogP contribution is 2.25. The minimum atomic E-state index is -0.0775. The van der Waals surface area contributed by atoms with Crippen molar-refractivity contribution < 1.29 is 0 Å². The van der Waals surface area contributed by atoms with Crippen LogP contribution in [0.3, 0.4) is 0 Å². The molecule has 150 valence electrons. The maximum absolute atomic E-state index is 7.66. The maximum Gasteiger partial charge on any atom is 0.226 e. The van der Waals surface area contributed by atoms with Crippen LogP contribution < -0.4 is 16.0 Å². The van der Waals surface area contributed by atoms with Crippen LogP contribution in [0, 0.1) is 5.41 Å². The van der Waals surface area contributed by atoms with Crippen LogP contribution in [0.25, 0.3) is 17.0 Å². The maximum atomic E-state index is 7.66. The Kier molecular flexibility index (Phi) is 5.29. The number of hydrogen-bond acceptors (Lipinski definition) is 8. The number of nitrogens with two attached hydrogens (primary N) is 1. The standard InChI is InChI=1S/C19H22BrN9/c1-11-9-28(12(2)18(26-11)13(5-21)6-22)19-23-4-3-14(27-19)15-7-25-17-8-24-16(20)10-29(15)17/h3-8,10-12,18,21,26H,9,22H2,1-2H3/b13-6+,21-5?. The fraction of sp³-hybridized carbons (Fsp3) is 0.316. The molecule has 0 bridgehead atoms. The Morgan fingerprint density at radius 3 is 2.90 bits per heavy atom. The summed E-state index contributed by atoms with van der Waals surface area (Å²) in [6.45, 7) is 4.94. The molecule has 1 aliphatic rings. The summed E-state index contributed by atoms with van der Waals surface area (Å²) in [5.41, 5.74) is 8.86. The summed E-state index contributed by atoms with van der Waals surface area (Å²) < 4.78 is 2.67. The van der Waals surface area contributed by atoms with Crippen LogP contribution in [0.1, 0.15) is 13.8 Å². The predicted octanol–water partition coefficient (Wildman–Crippen LogP) is 2.00. The van der Waals surface area contributed by atoms with E-state index in [2.05, 4.69) is 54.9 Å². The molecule has 10 heteroatoms. The van der Waals surface area contributed by atoms with Crippen molar-refractivity contribution in [2.45, 2.75) is 32.0 Å². The number of fused-ring (bicyclic) bond motifs is 1. The normalized spacial score (nSPS) is 22.8. The zero-order valence-corrected chi connectivity index (χ0v) is 17.7. The first-order valence-corrected chi connectivity index (χ1v) is 10.1. The lowest BCUT2D eigenvalue weighted by Crippen LogP contribution is -2.62. The molecule has 3 atom stereocenters. The minimum Gasteiger partial charge on any atom is -0.404 e. The van der Waals surface area contributed by atoms with E-state index in [-0.39, 0.29) is 18.1 Å². The quantitative estimate of drug-likeness (QED) is 0.514. The van der Waals surface area contributed by atoms with E-state index in [0.717, 1.165) is 33.8 Å². The zero-order valence-electron chi connectivity index (χ0n) is 16.1. The summed E-state index contributed by atoms with van der Waals surface area (Å²) in [5, 5.41) is 11.2. The molecule has 3 aromatic heterocycles. The van der Waals surface area contributed by atoms with Crippen LogP contribution in [0.2, 0.25) is 0 Å². The molecular weight excluding hydrogens is 434 g/mol. The summed E-state index contributed by atoms with van der Waals surface area (Å²) in [7, 11) is 0. The third-order valence-corrected chi connectivity index (χ3v) is 5.56. The van der Waals surface area contributed by atoms with Gasteiger partial charge in [-0.2, -0.15) is 0 Å². The van der Waals surface area contributed by atoms with E-state index in [4.69, 9.17) is 16.1 Å². The van der Waals surface area contributed by atoms with Crippen LogP contribution in [0.15, 0.2) is 47.2 Å². The Labute approximate surface area is 176 Å². The topological polar surface area (TPSA) is 121 Å². The second kappa shape index (κ2) is 7.88. The summed E-state index contributed by atoms with van der Waals surface area (Å²) in [4.78, 5) is 20.1. The summed E-state index contributed by atoms with van der Waals surface area (Å²) in [6.07, 6.45) is 9.90. The minimum absolute atomic E-state index is 0.0263. The van der Waals surface area contributed by atoms with Crippen molar-refractivity contribution in [3.05, 3.63) is 47.2 Å². The van der Waals surface area contributed by atoms with E-state index in [1.165, 1.54) is 12.4 Å². The summed E-state index contributed by atoms with van der Waals surface area (Å²) in [6, 6.07) is 2.01. The molecule has 1 aliphatic heterocycles. The Morgan fingerprint density at radius 2 is 2.14 bits per heavy atom. The van der Waals surface area contributed by atoms with Crippen LogP contribution >= 0.6 is 15.9 Å². The van der Waals surface area contributed by atoms with Gasteiger partial charge in [0.25, 0.3) is 0 Å².